The Hall–Kier alpha value is -4.66. The monoisotopic (exact) mass is 496 g/mol. The zero-order valence-corrected chi connectivity index (χ0v) is 20.1. The van der Waals surface area contributed by atoms with Gasteiger partial charge in [0.15, 0.2) is 0 Å². The van der Waals surface area contributed by atoms with Crippen molar-refractivity contribution < 1.29 is 19.2 Å². The summed E-state index contributed by atoms with van der Waals surface area (Å²) in [6, 6.07) is 20.2. The lowest BCUT2D eigenvalue weighted by Crippen LogP contribution is -2.62. The largest absolute Gasteiger partial charge is 0.497 e. The summed E-state index contributed by atoms with van der Waals surface area (Å²) < 4.78 is 5.22. The Morgan fingerprint density at radius 3 is 2.59 bits per heavy atom. The molecule has 0 saturated carbocycles. The van der Waals surface area contributed by atoms with E-state index in [9.17, 15) is 19.7 Å². The van der Waals surface area contributed by atoms with Gasteiger partial charge in [0.25, 0.3) is 5.69 Å². The number of nitro benzene ring substituents is 1. The number of amides is 2. The number of nitrogens with zero attached hydrogens (tertiary/aromatic N) is 3. The van der Waals surface area contributed by atoms with Crippen LogP contribution in [0.25, 0.3) is 10.9 Å². The van der Waals surface area contributed by atoms with Crippen molar-refractivity contribution in [3.8, 4) is 5.75 Å². The molecular formula is C28H24N4O5. The molecule has 2 atom stereocenters. The lowest BCUT2D eigenvalue weighted by atomic mass is 9.86. The predicted octanol–water partition coefficient (Wildman–Crippen LogP) is 3.97. The number of hydrogen-bond acceptors (Lipinski definition) is 5. The maximum atomic E-state index is 13.8. The number of carbonyl (C=O) groups excluding carboxylic acids is 2. The fraction of sp³-hybridized carbons (Fsp3) is 0.214. The number of rotatable bonds is 5. The Balaban J connectivity index is 1.43. The quantitative estimate of drug-likeness (QED) is 0.332. The van der Waals surface area contributed by atoms with Gasteiger partial charge in [0.2, 0.25) is 11.8 Å². The SMILES string of the molecule is COc1ccc(CN2CC(=O)N3[C@H](c4cccc([N+](=O)[O-])c4)c4[nH]c5ccccc5c4C[C@H]3C2=O)cc1. The molecule has 0 spiro atoms. The number of piperazine rings is 1. The molecule has 0 bridgehead atoms. The van der Waals surface area contributed by atoms with Crippen LogP contribution in [0.5, 0.6) is 5.75 Å². The van der Waals surface area contributed by atoms with Gasteiger partial charge in [-0.2, -0.15) is 0 Å². The van der Waals surface area contributed by atoms with Crippen molar-refractivity contribution in [3.63, 3.8) is 0 Å². The van der Waals surface area contributed by atoms with Crippen LogP contribution in [0.15, 0.2) is 72.8 Å². The zero-order valence-electron chi connectivity index (χ0n) is 20.1. The maximum Gasteiger partial charge on any atom is 0.269 e. The summed E-state index contributed by atoms with van der Waals surface area (Å²) in [5.74, 6) is 0.385. The number of hydrogen-bond donors (Lipinski definition) is 1. The number of methoxy groups -OCH3 is 1. The maximum absolute atomic E-state index is 13.8. The third kappa shape index (κ3) is 3.79. The first-order valence-electron chi connectivity index (χ1n) is 12.0. The van der Waals surface area contributed by atoms with Crippen LogP contribution in [0.3, 0.4) is 0 Å². The summed E-state index contributed by atoms with van der Waals surface area (Å²) in [5.41, 5.74) is 4.08. The van der Waals surface area contributed by atoms with Crippen molar-refractivity contribution in [1.29, 1.82) is 0 Å². The van der Waals surface area contributed by atoms with E-state index in [4.69, 9.17) is 4.74 Å². The fourth-order valence-electron chi connectivity index (χ4n) is 5.56. The Morgan fingerprint density at radius 2 is 1.84 bits per heavy atom. The minimum Gasteiger partial charge on any atom is -0.497 e. The van der Waals surface area contributed by atoms with E-state index in [0.29, 0.717) is 18.5 Å². The van der Waals surface area contributed by atoms with Gasteiger partial charge in [0, 0.05) is 41.7 Å². The van der Waals surface area contributed by atoms with Gasteiger partial charge in [-0.05, 0) is 34.9 Å². The number of nitro groups is 1. The molecule has 2 aliphatic rings. The summed E-state index contributed by atoms with van der Waals surface area (Å²) in [5, 5.41) is 12.5. The molecule has 2 aliphatic heterocycles. The highest BCUT2D eigenvalue weighted by atomic mass is 16.6. The average molecular weight is 497 g/mol. The van der Waals surface area contributed by atoms with Crippen LogP contribution in [0.4, 0.5) is 5.69 Å². The van der Waals surface area contributed by atoms with E-state index >= 15 is 0 Å². The molecule has 9 nitrogen and oxygen atoms in total. The number of non-ortho nitro benzene ring substituents is 1. The van der Waals surface area contributed by atoms with E-state index < -0.39 is 17.0 Å². The Morgan fingerprint density at radius 1 is 1.05 bits per heavy atom. The standard InChI is InChI=1S/C28H24N4O5/c1-37-20-11-9-17(10-12-20)15-30-16-25(33)31-24(28(30)34)14-22-21-7-2-3-8-23(21)29-26(22)27(31)18-5-4-6-19(13-18)32(35)36/h2-13,24,27,29H,14-16H2,1H3/t24-,27+/m0/s1. The highest BCUT2D eigenvalue weighted by Gasteiger charge is 2.48. The highest BCUT2D eigenvalue weighted by Crippen LogP contribution is 2.43. The van der Waals surface area contributed by atoms with Crippen molar-refractivity contribution >= 4 is 28.4 Å². The van der Waals surface area contributed by atoms with Gasteiger partial charge in [0.1, 0.15) is 18.3 Å². The molecule has 1 N–H and O–H groups in total. The molecule has 9 heteroatoms. The zero-order chi connectivity index (χ0) is 25.7. The first-order chi connectivity index (χ1) is 17.9. The van der Waals surface area contributed by atoms with Crippen molar-refractivity contribution in [2.75, 3.05) is 13.7 Å². The molecule has 186 valence electrons. The predicted molar refractivity (Wildman–Crippen MR) is 136 cm³/mol. The highest BCUT2D eigenvalue weighted by molar-refractivity contribution is 5.97. The topological polar surface area (TPSA) is 109 Å². The van der Waals surface area contributed by atoms with Crippen LogP contribution in [-0.2, 0) is 22.6 Å². The first kappa shape index (κ1) is 22.8. The minimum absolute atomic E-state index is 0.0609. The van der Waals surface area contributed by atoms with Crippen LogP contribution < -0.4 is 4.74 Å². The van der Waals surface area contributed by atoms with Gasteiger partial charge in [-0.1, -0.05) is 42.5 Å². The summed E-state index contributed by atoms with van der Waals surface area (Å²) >= 11 is 0. The molecule has 0 unspecified atom stereocenters. The molecule has 2 amide bonds. The molecule has 1 aromatic heterocycles. The Kier molecular flexibility index (Phi) is 5.40. The molecule has 3 heterocycles. The summed E-state index contributed by atoms with van der Waals surface area (Å²) in [4.78, 5) is 45.2. The molecule has 1 saturated heterocycles. The number of aromatic nitrogens is 1. The number of para-hydroxylation sites is 1. The van der Waals surface area contributed by atoms with Crippen LogP contribution >= 0.6 is 0 Å². The fourth-order valence-corrected chi connectivity index (χ4v) is 5.56. The molecule has 1 fully saturated rings. The number of fused-ring (bicyclic) bond motifs is 4. The van der Waals surface area contributed by atoms with Gasteiger partial charge in [0.05, 0.1) is 18.1 Å². The molecule has 4 aromatic rings. The molecular weight excluding hydrogens is 472 g/mol. The second-order valence-corrected chi connectivity index (χ2v) is 9.38. The number of ether oxygens (including phenoxy) is 1. The summed E-state index contributed by atoms with van der Waals surface area (Å²) in [6.07, 6.45) is 0.370. The van der Waals surface area contributed by atoms with Crippen molar-refractivity contribution in [2.24, 2.45) is 0 Å². The Labute approximate surface area is 212 Å². The lowest BCUT2D eigenvalue weighted by molar-refractivity contribution is -0.384. The van der Waals surface area contributed by atoms with E-state index in [1.54, 1.807) is 29.0 Å². The van der Waals surface area contributed by atoms with Crippen molar-refractivity contribution in [3.05, 3.63) is 105 Å². The minimum atomic E-state index is -0.713. The van der Waals surface area contributed by atoms with Crippen LogP contribution in [0, 0.1) is 10.1 Å². The number of aromatic amines is 1. The number of nitrogens with one attached hydrogen (secondary N) is 1. The number of benzene rings is 3. The van der Waals surface area contributed by atoms with Gasteiger partial charge >= 0.3 is 0 Å². The second-order valence-electron chi connectivity index (χ2n) is 9.38. The smallest absolute Gasteiger partial charge is 0.269 e. The number of carbonyl (C=O) groups is 2. The van der Waals surface area contributed by atoms with Gasteiger partial charge < -0.3 is 19.5 Å². The van der Waals surface area contributed by atoms with E-state index in [-0.39, 0.29) is 24.0 Å². The van der Waals surface area contributed by atoms with Crippen LogP contribution in [0.1, 0.15) is 28.4 Å². The van der Waals surface area contributed by atoms with Crippen LogP contribution in [0.2, 0.25) is 0 Å². The third-order valence-electron chi connectivity index (χ3n) is 7.27. The average Bonchev–Trinajstić information content (AvgIpc) is 3.29. The summed E-state index contributed by atoms with van der Waals surface area (Å²) in [7, 11) is 1.59. The van der Waals surface area contributed by atoms with E-state index in [1.807, 2.05) is 48.5 Å². The van der Waals surface area contributed by atoms with Crippen molar-refractivity contribution in [2.45, 2.75) is 25.0 Å². The normalized spacial score (nSPS) is 19.1. The van der Waals surface area contributed by atoms with Crippen molar-refractivity contribution in [1.82, 2.24) is 14.8 Å². The van der Waals surface area contributed by atoms with E-state index in [1.165, 1.54) is 12.1 Å². The van der Waals surface area contributed by atoms with Gasteiger partial charge in [-0.3, -0.25) is 19.7 Å². The molecule has 37 heavy (non-hydrogen) atoms. The van der Waals surface area contributed by atoms with E-state index in [2.05, 4.69) is 4.98 Å². The van der Waals surface area contributed by atoms with E-state index in [0.717, 1.165) is 33.5 Å². The molecule has 6 rings (SSSR count). The van der Waals surface area contributed by atoms with Gasteiger partial charge in [-0.15, -0.1) is 0 Å². The lowest BCUT2D eigenvalue weighted by Gasteiger charge is -2.47. The summed E-state index contributed by atoms with van der Waals surface area (Å²) in [6.45, 7) is 0.240. The molecule has 0 aliphatic carbocycles. The third-order valence-corrected chi connectivity index (χ3v) is 7.27. The number of H-pyrrole nitrogens is 1. The molecule has 3 aromatic carbocycles. The molecule has 0 radical (unpaired) electrons. The second kappa shape index (κ2) is 8.77. The Bertz CT molecular complexity index is 1540. The van der Waals surface area contributed by atoms with Crippen LogP contribution in [-0.4, -0.2) is 51.2 Å². The first-order valence-corrected chi connectivity index (χ1v) is 12.0. The van der Waals surface area contributed by atoms with Gasteiger partial charge in [-0.25, -0.2) is 0 Å².